The third-order valence-electron chi connectivity index (χ3n) is 7.96. The summed E-state index contributed by atoms with van der Waals surface area (Å²) in [5, 5.41) is 16.2. The van der Waals surface area contributed by atoms with Gasteiger partial charge >= 0.3 is 5.97 Å². The first-order valence-electron chi connectivity index (χ1n) is 13.8. The Kier molecular flexibility index (Phi) is 7.10. The van der Waals surface area contributed by atoms with E-state index >= 15 is 0 Å². The van der Waals surface area contributed by atoms with E-state index in [1.54, 1.807) is 24.3 Å². The predicted octanol–water partition coefficient (Wildman–Crippen LogP) is 5.00. The minimum atomic E-state index is -0.941. The van der Waals surface area contributed by atoms with Crippen LogP contribution in [-0.4, -0.2) is 47.7 Å². The summed E-state index contributed by atoms with van der Waals surface area (Å²) in [5.74, 6) is 0.396. The van der Waals surface area contributed by atoms with Crippen LogP contribution in [0.25, 0.3) is 22.4 Å². The third-order valence-corrected chi connectivity index (χ3v) is 7.96. The second kappa shape index (κ2) is 11.0. The molecule has 0 spiro atoms. The quantitative estimate of drug-likeness (QED) is 0.249. The molecule has 39 heavy (non-hydrogen) atoms. The minimum absolute atomic E-state index is 0.257. The zero-order valence-electron chi connectivity index (χ0n) is 21.9. The lowest BCUT2D eigenvalue weighted by molar-refractivity contribution is 0.0697. The zero-order valence-corrected chi connectivity index (χ0v) is 21.9. The van der Waals surface area contributed by atoms with Crippen LogP contribution in [0.4, 0.5) is 11.8 Å². The number of aromatic carboxylic acids is 1. The lowest BCUT2D eigenvalue weighted by atomic mass is 9.92. The van der Waals surface area contributed by atoms with E-state index in [9.17, 15) is 4.79 Å². The predicted molar refractivity (Wildman–Crippen MR) is 151 cm³/mol. The highest BCUT2D eigenvalue weighted by Crippen LogP contribution is 2.33. The van der Waals surface area contributed by atoms with Crippen molar-refractivity contribution in [2.24, 2.45) is 5.73 Å². The van der Waals surface area contributed by atoms with E-state index in [1.165, 1.54) is 12.8 Å². The fraction of sp³-hybridized carbons (Fsp3) is 0.414. The highest BCUT2D eigenvalue weighted by Gasteiger charge is 2.24. The van der Waals surface area contributed by atoms with Crippen molar-refractivity contribution in [2.45, 2.75) is 76.0 Å². The standard InChI is InChI=1S/C29H34N8O2/c30-21-10-12-22(13-11-21)34-29-35-26(25-27(36-29)37(17-33-25)23-3-1-2-4-23)32-16-18-5-14-24(31-15-18)19-6-8-20(9-7-19)28(38)39/h5-9,14-15,17,21-23H,1-4,10-13,16,30H2,(H,38,39)(H2,32,34,35,36). The molecule has 2 fully saturated rings. The largest absolute Gasteiger partial charge is 0.478 e. The van der Waals surface area contributed by atoms with Crippen LogP contribution >= 0.6 is 0 Å². The molecule has 10 nitrogen and oxygen atoms in total. The van der Waals surface area contributed by atoms with Gasteiger partial charge in [-0.15, -0.1) is 0 Å². The normalized spacial score (nSPS) is 19.8. The van der Waals surface area contributed by atoms with E-state index < -0.39 is 5.97 Å². The van der Waals surface area contributed by atoms with Crippen molar-refractivity contribution < 1.29 is 9.90 Å². The number of pyridine rings is 1. The molecule has 4 aromatic rings. The topological polar surface area (TPSA) is 144 Å². The second-order valence-corrected chi connectivity index (χ2v) is 10.7. The average Bonchev–Trinajstić information content (AvgIpc) is 3.64. The summed E-state index contributed by atoms with van der Waals surface area (Å²) >= 11 is 0. The highest BCUT2D eigenvalue weighted by molar-refractivity contribution is 5.88. The van der Waals surface area contributed by atoms with E-state index in [2.05, 4.69) is 20.2 Å². The van der Waals surface area contributed by atoms with Gasteiger partial charge in [-0.05, 0) is 62.3 Å². The van der Waals surface area contributed by atoms with Crippen LogP contribution in [0.3, 0.4) is 0 Å². The van der Waals surface area contributed by atoms with Crippen molar-refractivity contribution in [3.05, 3.63) is 60.0 Å². The summed E-state index contributed by atoms with van der Waals surface area (Å²) in [6, 6.07) is 11.7. The first-order chi connectivity index (χ1) is 19.0. The Hall–Kier alpha value is -4.05. The first-order valence-corrected chi connectivity index (χ1v) is 13.8. The van der Waals surface area contributed by atoms with Gasteiger partial charge in [0.15, 0.2) is 17.0 Å². The van der Waals surface area contributed by atoms with Crippen LogP contribution in [0.2, 0.25) is 0 Å². The van der Waals surface area contributed by atoms with E-state index in [0.29, 0.717) is 30.4 Å². The van der Waals surface area contributed by atoms with Crippen molar-refractivity contribution in [3.63, 3.8) is 0 Å². The summed E-state index contributed by atoms with van der Waals surface area (Å²) in [6.45, 7) is 0.533. The van der Waals surface area contributed by atoms with E-state index in [1.807, 2.05) is 24.7 Å². The summed E-state index contributed by atoms with van der Waals surface area (Å²) in [7, 11) is 0. The molecule has 3 aromatic heterocycles. The molecular weight excluding hydrogens is 492 g/mol. The Morgan fingerprint density at radius 3 is 2.44 bits per heavy atom. The van der Waals surface area contributed by atoms with Crippen LogP contribution < -0.4 is 16.4 Å². The Balaban J connectivity index is 1.22. The Morgan fingerprint density at radius 1 is 0.974 bits per heavy atom. The van der Waals surface area contributed by atoms with Crippen molar-refractivity contribution in [2.75, 3.05) is 10.6 Å². The molecule has 0 bridgehead atoms. The van der Waals surface area contributed by atoms with Gasteiger partial charge in [-0.2, -0.15) is 9.97 Å². The molecule has 0 saturated heterocycles. The molecule has 5 N–H and O–H groups in total. The maximum atomic E-state index is 11.1. The van der Waals surface area contributed by atoms with Crippen molar-refractivity contribution in [3.8, 4) is 11.3 Å². The molecule has 2 saturated carbocycles. The van der Waals surface area contributed by atoms with Gasteiger partial charge in [0.2, 0.25) is 5.95 Å². The number of carboxylic acids is 1. The number of carboxylic acid groups (broad SMARTS) is 1. The Bertz CT molecular complexity index is 1440. The van der Waals surface area contributed by atoms with Gasteiger partial charge < -0.3 is 26.0 Å². The molecule has 0 amide bonds. The van der Waals surface area contributed by atoms with Crippen molar-refractivity contribution in [1.82, 2.24) is 24.5 Å². The molecule has 6 rings (SSSR count). The third kappa shape index (κ3) is 5.56. The summed E-state index contributed by atoms with van der Waals surface area (Å²) in [4.78, 5) is 30.2. The number of hydrogen-bond acceptors (Lipinski definition) is 8. The lowest BCUT2D eigenvalue weighted by Gasteiger charge is -2.27. The van der Waals surface area contributed by atoms with Gasteiger partial charge in [-0.3, -0.25) is 4.98 Å². The molecule has 0 unspecified atom stereocenters. The average molecular weight is 527 g/mol. The number of nitrogens with zero attached hydrogens (tertiary/aromatic N) is 5. The first kappa shape index (κ1) is 25.2. The number of fused-ring (bicyclic) bond motifs is 1. The smallest absolute Gasteiger partial charge is 0.335 e. The Labute approximate surface area is 227 Å². The summed E-state index contributed by atoms with van der Waals surface area (Å²) < 4.78 is 2.23. The van der Waals surface area contributed by atoms with Gasteiger partial charge in [-0.25, -0.2) is 9.78 Å². The fourth-order valence-corrected chi connectivity index (χ4v) is 5.67. The molecule has 0 atom stereocenters. The number of anilines is 2. The van der Waals surface area contributed by atoms with Crippen LogP contribution in [0.1, 0.15) is 73.3 Å². The van der Waals surface area contributed by atoms with Gasteiger partial charge in [-0.1, -0.05) is 31.0 Å². The van der Waals surface area contributed by atoms with Crippen molar-refractivity contribution >= 4 is 28.9 Å². The van der Waals surface area contributed by atoms with Gasteiger partial charge in [0.05, 0.1) is 17.6 Å². The molecule has 202 valence electrons. The number of rotatable bonds is 8. The van der Waals surface area contributed by atoms with E-state index in [-0.39, 0.29) is 11.6 Å². The lowest BCUT2D eigenvalue weighted by Crippen LogP contribution is -2.33. The molecule has 2 aliphatic carbocycles. The molecular formula is C29H34N8O2. The van der Waals surface area contributed by atoms with Crippen LogP contribution in [0.5, 0.6) is 0 Å². The number of nitrogens with one attached hydrogen (secondary N) is 2. The van der Waals surface area contributed by atoms with Gasteiger partial charge in [0, 0.05) is 36.4 Å². The summed E-state index contributed by atoms with van der Waals surface area (Å²) in [5.41, 5.74) is 10.7. The molecule has 10 heteroatoms. The monoisotopic (exact) mass is 526 g/mol. The molecule has 3 heterocycles. The Morgan fingerprint density at radius 2 is 1.74 bits per heavy atom. The van der Waals surface area contributed by atoms with Crippen LogP contribution in [0.15, 0.2) is 48.9 Å². The molecule has 0 radical (unpaired) electrons. The van der Waals surface area contributed by atoms with Crippen LogP contribution in [-0.2, 0) is 6.54 Å². The minimum Gasteiger partial charge on any atom is -0.478 e. The maximum absolute atomic E-state index is 11.1. The number of carbonyl (C=O) groups is 1. The van der Waals surface area contributed by atoms with E-state index in [0.717, 1.165) is 66.5 Å². The second-order valence-electron chi connectivity index (χ2n) is 10.7. The van der Waals surface area contributed by atoms with Gasteiger partial charge in [0.1, 0.15) is 0 Å². The maximum Gasteiger partial charge on any atom is 0.335 e. The SMILES string of the molecule is NC1CCC(Nc2nc(NCc3ccc(-c4ccc(C(=O)O)cc4)nc3)c3ncn(C4CCCC4)c3n2)CC1. The molecule has 1 aromatic carbocycles. The van der Waals surface area contributed by atoms with Crippen LogP contribution in [0, 0.1) is 0 Å². The molecule has 2 aliphatic rings. The fourth-order valence-electron chi connectivity index (χ4n) is 5.67. The number of imidazole rings is 1. The van der Waals surface area contributed by atoms with Crippen molar-refractivity contribution in [1.29, 1.82) is 0 Å². The molecule has 0 aliphatic heterocycles. The number of aromatic nitrogens is 5. The zero-order chi connectivity index (χ0) is 26.8. The number of hydrogen-bond donors (Lipinski definition) is 4. The highest BCUT2D eigenvalue weighted by atomic mass is 16.4. The number of benzene rings is 1. The van der Waals surface area contributed by atoms with E-state index in [4.69, 9.17) is 25.8 Å². The summed E-state index contributed by atoms with van der Waals surface area (Å²) in [6.07, 6.45) is 12.6. The van der Waals surface area contributed by atoms with Gasteiger partial charge in [0.25, 0.3) is 0 Å². The number of nitrogens with two attached hydrogens (primary N) is 1.